The highest BCUT2D eigenvalue weighted by molar-refractivity contribution is 5.59. The lowest BCUT2D eigenvalue weighted by Gasteiger charge is -2.43. The van der Waals surface area contributed by atoms with Crippen LogP contribution in [0.1, 0.15) is 34.3 Å². The average molecular weight is 631 g/mol. The Hall–Kier alpha value is -5.20. The molecule has 4 aromatic rings. The Morgan fingerprint density at radius 3 is 1.28 bits per heavy atom. The quantitative estimate of drug-likeness (QED) is 0.218. The van der Waals surface area contributed by atoms with Gasteiger partial charge in [0.25, 0.3) is 0 Å². The van der Waals surface area contributed by atoms with Gasteiger partial charge in [0.1, 0.15) is 11.5 Å². The van der Waals surface area contributed by atoms with Crippen molar-refractivity contribution < 1.29 is 48.8 Å². The van der Waals surface area contributed by atoms with E-state index < -0.39 is 12.1 Å². The Morgan fingerprint density at radius 1 is 0.543 bits per heavy atom. The first kappa shape index (κ1) is 29.5. The zero-order valence-corrected chi connectivity index (χ0v) is 25.3. The van der Waals surface area contributed by atoms with Crippen molar-refractivity contribution in [2.24, 2.45) is 0 Å². The van der Waals surface area contributed by atoms with Crippen LogP contribution in [0.3, 0.4) is 0 Å². The molecule has 2 atom stereocenters. The molecule has 12 heteroatoms. The van der Waals surface area contributed by atoms with E-state index in [0.717, 1.165) is 0 Å². The fourth-order valence-electron chi connectivity index (χ4n) is 6.56. The third-order valence-electron chi connectivity index (χ3n) is 8.80. The number of phenolic OH excluding ortho intramolecular Hbond substituents is 4. The van der Waals surface area contributed by atoms with Gasteiger partial charge in [-0.25, -0.2) is 0 Å². The van der Waals surface area contributed by atoms with Crippen LogP contribution >= 0.6 is 0 Å². The van der Waals surface area contributed by atoms with E-state index in [1.807, 2.05) is 0 Å². The van der Waals surface area contributed by atoms with Gasteiger partial charge in [0.05, 0.1) is 26.3 Å². The van der Waals surface area contributed by atoms with Gasteiger partial charge in [-0.2, -0.15) is 0 Å². The first-order valence-electron chi connectivity index (χ1n) is 14.8. The summed E-state index contributed by atoms with van der Waals surface area (Å²) in [6, 6.07) is 16.0. The zero-order valence-electron chi connectivity index (χ0n) is 25.3. The molecule has 4 N–H and O–H groups in total. The summed E-state index contributed by atoms with van der Waals surface area (Å²) in [7, 11) is 2.98. The topological polar surface area (TPSA) is 143 Å². The highest BCUT2D eigenvalue weighted by Crippen LogP contribution is 2.49. The predicted octanol–water partition coefficient (Wildman–Crippen LogP) is 4.48. The Kier molecular flexibility index (Phi) is 7.67. The van der Waals surface area contributed by atoms with Crippen molar-refractivity contribution >= 4 is 0 Å². The van der Waals surface area contributed by atoms with E-state index in [9.17, 15) is 20.4 Å². The lowest BCUT2D eigenvalue weighted by Crippen LogP contribution is -2.49. The van der Waals surface area contributed by atoms with Crippen LogP contribution in [0.25, 0.3) is 0 Å². The number of nitrogens with zero attached hydrogens (tertiary/aromatic N) is 2. The van der Waals surface area contributed by atoms with Gasteiger partial charge >= 0.3 is 0 Å². The summed E-state index contributed by atoms with van der Waals surface area (Å²) in [5.74, 6) is 2.48. The van der Waals surface area contributed by atoms with E-state index in [4.69, 9.17) is 28.4 Å². The van der Waals surface area contributed by atoms with Crippen LogP contribution in [0.15, 0.2) is 60.7 Å². The maximum atomic E-state index is 11.3. The molecule has 0 spiro atoms. The van der Waals surface area contributed by atoms with E-state index in [1.54, 1.807) is 48.5 Å². The van der Waals surface area contributed by atoms with E-state index in [0.29, 0.717) is 82.9 Å². The van der Waals surface area contributed by atoms with Gasteiger partial charge in [-0.05, 0) is 24.3 Å². The third-order valence-corrected chi connectivity index (χ3v) is 8.80. The molecule has 0 amide bonds. The number of methoxy groups -OCH3 is 2. The monoisotopic (exact) mass is 630 g/mol. The zero-order chi connectivity index (χ0) is 31.9. The second-order valence-corrected chi connectivity index (χ2v) is 11.2. The number of rotatable bonds is 8. The second-order valence-electron chi connectivity index (χ2n) is 11.2. The fourth-order valence-corrected chi connectivity index (χ4v) is 6.56. The molecule has 1 saturated heterocycles. The van der Waals surface area contributed by atoms with Crippen molar-refractivity contribution in [2.75, 3.05) is 54.0 Å². The third kappa shape index (κ3) is 5.05. The van der Waals surface area contributed by atoms with Crippen LogP contribution in [-0.2, 0) is 0 Å². The van der Waals surface area contributed by atoms with E-state index in [-0.39, 0.29) is 36.6 Å². The van der Waals surface area contributed by atoms with Crippen LogP contribution in [0.2, 0.25) is 0 Å². The normalized spacial score (nSPS) is 17.1. The van der Waals surface area contributed by atoms with Gasteiger partial charge in [0.15, 0.2) is 46.0 Å². The highest BCUT2D eigenvalue weighted by atomic mass is 16.7. The number of phenols is 4. The first-order chi connectivity index (χ1) is 22.4. The number of fused-ring (bicyclic) bond motifs is 2. The van der Waals surface area contributed by atoms with Crippen molar-refractivity contribution in [3.63, 3.8) is 0 Å². The Balaban J connectivity index is 1.27. The minimum Gasteiger partial charge on any atom is -0.507 e. The molecule has 7 rings (SSSR count). The van der Waals surface area contributed by atoms with Crippen molar-refractivity contribution in [2.45, 2.75) is 12.1 Å². The molecule has 240 valence electrons. The van der Waals surface area contributed by atoms with Gasteiger partial charge in [0.2, 0.25) is 13.6 Å². The lowest BCUT2D eigenvalue weighted by atomic mass is 9.92. The lowest BCUT2D eigenvalue weighted by molar-refractivity contribution is 0.0866. The average Bonchev–Trinajstić information content (AvgIpc) is 3.72. The summed E-state index contributed by atoms with van der Waals surface area (Å²) in [4.78, 5) is 4.31. The van der Waals surface area contributed by atoms with Gasteiger partial charge in [-0.1, -0.05) is 24.3 Å². The summed E-state index contributed by atoms with van der Waals surface area (Å²) >= 11 is 0. The molecule has 12 nitrogen and oxygen atoms in total. The summed E-state index contributed by atoms with van der Waals surface area (Å²) < 4.78 is 33.1. The largest absolute Gasteiger partial charge is 0.507 e. The standard InChI is InChI=1S/C34H34N2O10/c1-41-25-7-3-5-19(33(25)39)31(21-13-27-29(15-23(21)37)45-17-43-27)35-9-11-36(12-10-35)32(20-6-4-8-26(42-2)34(20)40)22-14-28-30(16-24(22)38)46-18-44-28/h3-8,13-16,31-32,37-40H,9-12,17-18H2,1-2H3/t31-,32-/m0/s1. The molecule has 0 aromatic heterocycles. The van der Waals surface area contributed by atoms with Crippen LogP contribution in [0.4, 0.5) is 0 Å². The van der Waals surface area contributed by atoms with Gasteiger partial charge in [-0.15, -0.1) is 0 Å². The van der Waals surface area contributed by atoms with E-state index >= 15 is 0 Å². The molecule has 46 heavy (non-hydrogen) atoms. The number of para-hydroxylation sites is 2. The first-order valence-corrected chi connectivity index (χ1v) is 14.8. The van der Waals surface area contributed by atoms with E-state index in [1.165, 1.54) is 26.4 Å². The second kappa shape index (κ2) is 12.0. The summed E-state index contributed by atoms with van der Waals surface area (Å²) in [6.45, 7) is 2.06. The molecule has 0 aliphatic carbocycles. The maximum Gasteiger partial charge on any atom is 0.231 e. The van der Waals surface area contributed by atoms with Crippen molar-refractivity contribution in [3.05, 3.63) is 82.9 Å². The maximum absolute atomic E-state index is 11.3. The molecule has 3 aliphatic rings. The molecular formula is C34H34N2O10. The van der Waals surface area contributed by atoms with Crippen LogP contribution < -0.4 is 28.4 Å². The molecule has 0 bridgehead atoms. The van der Waals surface area contributed by atoms with Gasteiger partial charge < -0.3 is 48.8 Å². The Labute approximate surface area is 265 Å². The smallest absolute Gasteiger partial charge is 0.231 e. The summed E-state index contributed by atoms with van der Waals surface area (Å²) in [5.41, 5.74) is 2.18. The summed E-state index contributed by atoms with van der Waals surface area (Å²) in [5, 5.41) is 45.0. The van der Waals surface area contributed by atoms with Crippen molar-refractivity contribution in [1.29, 1.82) is 0 Å². The number of benzene rings is 4. The molecule has 3 heterocycles. The predicted molar refractivity (Wildman–Crippen MR) is 165 cm³/mol. The molecule has 0 unspecified atom stereocenters. The number of hydrogen-bond acceptors (Lipinski definition) is 12. The minimum atomic E-state index is -0.575. The molecular weight excluding hydrogens is 596 g/mol. The number of ether oxygens (including phenoxy) is 6. The number of hydrogen-bond donors (Lipinski definition) is 4. The van der Waals surface area contributed by atoms with E-state index in [2.05, 4.69) is 9.80 Å². The van der Waals surface area contributed by atoms with Crippen molar-refractivity contribution in [3.8, 4) is 57.5 Å². The summed E-state index contributed by atoms with van der Waals surface area (Å²) in [6.07, 6.45) is 0. The fraction of sp³-hybridized carbons (Fsp3) is 0.294. The molecule has 0 saturated carbocycles. The molecule has 0 radical (unpaired) electrons. The van der Waals surface area contributed by atoms with Gasteiger partial charge in [-0.3, -0.25) is 9.80 Å². The van der Waals surface area contributed by atoms with Gasteiger partial charge in [0, 0.05) is 60.6 Å². The van der Waals surface area contributed by atoms with Crippen LogP contribution in [0, 0.1) is 0 Å². The molecule has 4 aromatic carbocycles. The Bertz CT molecular complexity index is 1640. The van der Waals surface area contributed by atoms with Crippen LogP contribution in [0.5, 0.6) is 57.5 Å². The minimum absolute atomic E-state index is 0.00311. The number of piperazine rings is 1. The highest BCUT2D eigenvalue weighted by Gasteiger charge is 2.37. The number of aromatic hydroxyl groups is 4. The van der Waals surface area contributed by atoms with Crippen LogP contribution in [-0.4, -0.2) is 84.2 Å². The molecule has 3 aliphatic heterocycles. The SMILES string of the molecule is COc1cccc([C@@H](c2cc3c(cc2O)OCO3)N2CCN([C@H](c3cc4c(cc3O)OCO4)c3cccc(OC)c3O)CC2)c1O. The molecule has 1 fully saturated rings. The van der Waals surface area contributed by atoms with Crippen molar-refractivity contribution in [1.82, 2.24) is 9.80 Å². The Morgan fingerprint density at radius 2 is 0.913 bits per heavy atom.